The topological polar surface area (TPSA) is 68.3 Å². The van der Waals surface area contributed by atoms with Gasteiger partial charge < -0.3 is 10.1 Å². The molecule has 5 nitrogen and oxygen atoms in total. The molecule has 21 heavy (non-hydrogen) atoms. The highest BCUT2D eigenvalue weighted by Gasteiger charge is 2.10. The fourth-order valence-electron chi connectivity index (χ4n) is 1.75. The van der Waals surface area contributed by atoms with Gasteiger partial charge >= 0.3 is 5.97 Å². The van der Waals surface area contributed by atoms with Crippen molar-refractivity contribution < 1.29 is 14.3 Å². The van der Waals surface area contributed by atoms with E-state index in [1.165, 1.54) is 23.3 Å². The number of carbonyl (C=O) groups is 2. The van der Waals surface area contributed by atoms with Crippen LogP contribution in [0.25, 0.3) is 0 Å². The summed E-state index contributed by atoms with van der Waals surface area (Å²) in [4.78, 5) is 29.1. The summed E-state index contributed by atoms with van der Waals surface area (Å²) in [6.07, 6.45) is 1.95. The average Bonchev–Trinajstić information content (AvgIpc) is 3.13. The van der Waals surface area contributed by atoms with E-state index in [4.69, 9.17) is 0 Å². The molecule has 7 heteroatoms. The molecule has 0 fully saturated rings. The first-order valence-corrected chi connectivity index (χ1v) is 8.13. The molecule has 0 radical (unpaired) electrons. The van der Waals surface area contributed by atoms with Crippen molar-refractivity contribution >= 4 is 34.6 Å². The molecule has 1 N–H and O–H groups in total. The van der Waals surface area contributed by atoms with E-state index in [-0.39, 0.29) is 11.9 Å². The van der Waals surface area contributed by atoms with Crippen LogP contribution >= 0.6 is 22.7 Å². The monoisotopic (exact) mass is 324 g/mol. The first-order chi connectivity index (χ1) is 10.1. The van der Waals surface area contributed by atoms with Gasteiger partial charge in [0.15, 0.2) is 5.01 Å². The molecule has 2 aromatic rings. The summed E-state index contributed by atoms with van der Waals surface area (Å²) in [7, 11) is 2.99. The van der Waals surface area contributed by atoms with Crippen LogP contribution in [0, 0.1) is 0 Å². The molecule has 0 atom stereocenters. The van der Waals surface area contributed by atoms with Crippen LogP contribution in [0.4, 0.5) is 0 Å². The zero-order chi connectivity index (χ0) is 15.2. The normalized spacial score (nSPS) is 10.4. The van der Waals surface area contributed by atoms with E-state index in [1.807, 2.05) is 17.5 Å². The van der Waals surface area contributed by atoms with E-state index in [2.05, 4.69) is 15.0 Å². The van der Waals surface area contributed by atoms with Crippen molar-refractivity contribution in [2.45, 2.75) is 19.3 Å². The van der Waals surface area contributed by atoms with E-state index in [0.29, 0.717) is 11.4 Å². The number of hydrogen-bond acceptors (Lipinski definition) is 6. The first kappa shape index (κ1) is 15.7. The molecular weight excluding hydrogens is 308 g/mol. The number of rotatable bonds is 6. The molecule has 0 aliphatic rings. The van der Waals surface area contributed by atoms with Gasteiger partial charge in [0.1, 0.15) is 0 Å². The van der Waals surface area contributed by atoms with E-state index in [0.717, 1.165) is 23.4 Å². The fraction of sp³-hybridized carbons (Fsp3) is 0.357. The molecule has 2 aromatic heterocycles. The Bertz CT molecular complexity index is 634. The number of esters is 1. The lowest BCUT2D eigenvalue weighted by atomic mass is 10.2. The van der Waals surface area contributed by atoms with Crippen molar-refractivity contribution in [3.63, 3.8) is 0 Å². The van der Waals surface area contributed by atoms with Gasteiger partial charge in [-0.1, -0.05) is 0 Å². The highest BCUT2D eigenvalue weighted by atomic mass is 32.1. The predicted molar refractivity (Wildman–Crippen MR) is 83.0 cm³/mol. The highest BCUT2D eigenvalue weighted by molar-refractivity contribution is 7.12. The zero-order valence-electron chi connectivity index (χ0n) is 11.8. The maximum atomic E-state index is 11.4. The van der Waals surface area contributed by atoms with Crippen LogP contribution < -0.4 is 5.32 Å². The minimum absolute atomic E-state index is 0.150. The molecule has 2 heterocycles. The quantitative estimate of drug-likeness (QED) is 0.826. The molecule has 0 aliphatic heterocycles. The van der Waals surface area contributed by atoms with Crippen LogP contribution in [-0.2, 0) is 28.8 Å². The maximum absolute atomic E-state index is 11.4. The van der Waals surface area contributed by atoms with Crippen molar-refractivity contribution in [3.8, 4) is 0 Å². The van der Waals surface area contributed by atoms with Crippen LogP contribution in [-0.4, -0.2) is 31.0 Å². The van der Waals surface area contributed by atoms with Gasteiger partial charge in [-0.25, -0.2) is 4.98 Å². The van der Waals surface area contributed by atoms with Gasteiger partial charge in [-0.2, -0.15) is 0 Å². The summed E-state index contributed by atoms with van der Waals surface area (Å²) in [6, 6.07) is 3.98. The zero-order valence-corrected chi connectivity index (χ0v) is 13.5. The second-order valence-electron chi connectivity index (χ2n) is 4.34. The van der Waals surface area contributed by atoms with Crippen molar-refractivity contribution in [1.82, 2.24) is 10.3 Å². The van der Waals surface area contributed by atoms with Crippen molar-refractivity contribution in [3.05, 3.63) is 38.0 Å². The van der Waals surface area contributed by atoms with Gasteiger partial charge in [0.05, 0.1) is 19.2 Å². The molecule has 112 valence electrons. The minimum Gasteiger partial charge on any atom is -0.469 e. The lowest BCUT2D eigenvalue weighted by Crippen LogP contribution is -2.17. The molecular formula is C14H16N2O3S2. The van der Waals surface area contributed by atoms with Crippen molar-refractivity contribution in [2.24, 2.45) is 0 Å². The number of ether oxygens (including phenoxy) is 1. The number of aromatic nitrogens is 1. The standard InChI is InChI=1S/C14H16N2O3S2/c1-15-13(18)14-16-9(8-20-14)3-4-10-5-6-11(21-10)7-12(17)19-2/h5-6,8H,3-4,7H2,1-2H3,(H,15,18). The maximum Gasteiger partial charge on any atom is 0.310 e. The highest BCUT2D eigenvalue weighted by Crippen LogP contribution is 2.20. The third-order valence-electron chi connectivity index (χ3n) is 2.86. The van der Waals surface area contributed by atoms with Gasteiger partial charge in [0.2, 0.25) is 0 Å². The summed E-state index contributed by atoms with van der Waals surface area (Å²) in [6.45, 7) is 0. The number of aryl methyl sites for hydroxylation is 2. The third-order valence-corrected chi connectivity index (χ3v) is 4.90. The SMILES string of the molecule is CNC(=O)c1nc(CCc2ccc(CC(=O)OC)s2)cs1. The number of hydrogen-bond donors (Lipinski definition) is 1. The van der Waals surface area contributed by atoms with Crippen LogP contribution in [0.1, 0.15) is 25.3 Å². The molecule has 0 aromatic carbocycles. The lowest BCUT2D eigenvalue weighted by molar-refractivity contribution is -0.139. The van der Waals surface area contributed by atoms with Gasteiger partial charge in [0, 0.05) is 22.2 Å². The molecule has 1 amide bonds. The average molecular weight is 324 g/mol. The van der Waals surface area contributed by atoms with E-state index in [9.17, 15) is 9.59 Å². The lowest BCUT2D eigenvalue weighted by Gasteiger charge is -1.96. The minimum atomic E-state index is -0.224. The van der Waals surface area contributed by atoms with Gasteiger partial charge in [0.25, 0.3) is 5.91 Å². The number of thiophene rings is 1. The summed E-state index contributed by atoms with van der Waals surface area (Å²) >= 11 is 2.96. The number of nitrogens with zero attached hydrogens (tertiary/aromatic N) is 1. The molecule has 2 rings (SSSR count). The van der Waals surface area contributed by atoms with Gasteiger partial charge in [-0.3, -0.25) is 9.59 Å². The number of methoxy groups -OCH3 is 1. The molecule has 0 bridgehead atoms. The first-order valence-electron chi connectivity index (χ1n) is 6.43. The van der Waals surface area contributed by atoms with Gasteiger partial charge in [-0.05, 0) is 25.0 Å². The Balaban J connectivity index is 1.89. The number of amides is 1. The summed E-state index contributed by atoms with van der Waals surface area (Å²) < 4.78 is 4.65. The van der Waals surface area contributed by atoms with Crippen LogP contribution in [0.15, 0.2) is 17.5 Å². The molecule has 0 unspecified atom stereocenters. The number of carbonyl (C=O) groups excluding carboxylic acids is 2. The van der Waals surface area contributed by atoms with Gasteiger partial charge in [-0.15, -0.1) is 22.7 Å². The van der Waals surface area contributed by atoms with Crippen molar-refractivity contribution in [2.75, 3.05) is 14.2 Å². The van der Waals surface area contributed by atoms with E-state index < -0.39 is 0 Å². The van der Waals surface area contributed by atoms with Crippen LogP contribution in [0.3, 0.4) is 0 Å². The smallest absolute Gasteiger partial charge is 0.310 e. The molecule has 0 saturated heterocycles. The van der Waals surface area contributed by atoms with Crippen molar-refractivity contribution in [1.29, 1.82) is 0 Å². The molecule has 0 saturated carbocycles. The Labute approximate surface area is 131 Å². The Morgan fingerprint density at radius 1 is 1.29 bits per heavy atom. The van der Waals surface area contributed by atoms with Crippen LogP contribution in [0.5, 0.6) is 0 Å². The summed E-state index contributed by atoms with van der Waals surface area (Å²) in [5.41, 5.74) is 0.918. The second-order valence-corrected chi connectivity index (χ2v) is 6.46. The second kappa shape index (κ2) is 7.33. The number of nitrogens with one attached hydrogen (secondary N) is 1. The third kappa shape index (κ3) is 4.37. The largest absolute Gasteiger partial charge is 0.469 e. The van der Waals surface area contributed by atoms with Crippen LogP contribution in [0.2, 0.25) is 0 Å². The summed E-state index contributed by atoms with van der Waals surface area (Å²) in [5, 5.41) is 4.96. The Morgan fingerprint density at radius 2 is 2.05 bits per heavy atom. The molecule has 0 spiro atoms. The van der Waals surface area contributed by atoms with E-state index >= 15 is 0 Å². The predicted octanol–water partition coefficient (Wildman–Crippen LogP) is 2.06. The Hall–Kier alpha value is -1.73. The van der Waals surface area contributed by atoms with E-state index in [1.54, 1.807) is 18.4 Å². The molecule has 0 aliphatic carbocycles. The number of thiazole rings is 1. The fourth-order valence-corrected chi connectivity index (χ4v) is 3.55. The summed E-state index contributed by atoms with van der Waals surface area (Å²) in [5.74, 6) is -0.374. The Morgan fingerprint density at radius 3 is 2.76 bits per heavy atom. The Kier molecular flexibility index (Phi) is 5.46.